The van der Waals surface area contributed by atoms with E-state index >= 15 is 0 Å². The van der Waals surface area contributed by atoms with E-state index in [1.165, 1.54) is 16.8 Å². The van der Waals surface area contributed by atoms with E-state index in [1.54, 1.807) is 4.90 Å². The highest BCUT2D eigenvalue weighted by Gasteiger charge is 2.30. The van der Waals surface area contributed by atoms with Crippen LogP contribution in [0.25, 0.3) is 0 Å². The first-order chi connectivity index (χ1) is 13.6. The normalized spacial score (nSPS) is 18.2. The van der Waals surface area contributed by atoms with Gasteiger partial charge in [0.2, 0.25) is 0 Å². The van der Waals surface area contributed by atoms with Gasteiger partial charge in [0, 0.05) is 38.4 Å². The number of aliphatic carboxylic acids is 1. The highest BCUT2D eigenvalue weighted by atomic mass is 16.4. The zero-order valence-electron chi connectivity index (χ0n) is 15.8. The van der Waals surface area contributed by atoms with Gasteiger partial charge in [-0.1, -0.05) is 42.5 Å². The minimum Gasteiger partial charge on any atom is -0.481 e. The number of nitrogens with zero attached hydrogens (tertiary/aromatic N) is 2. The highest BCUT2D eigenvalue weighted by molar-refractivity contribution is 5.77. The Labute approximate surface area is 164 Å². The highest BCUT2D eigenvalue weighted by Crippen LogP contribution is 2.28. The number of fused-ring (bicyclic) bond motifs is 1. The molecule has 0 bridgehead atoms. The molecule has 2 aromatic carbocycles. The molecule has 0 aliphatic carbocycles. The zero-order valence-corrected chi connectivity index (χ0v) is 15.8. The fourth-order valence-electron chi connectivity index (χ4n) is 3.99. The molecule has 2 heterocycles. The lowest BCUT2D eigenvalue weighted by atomic mass is 10.1. The smallest absolute Gasteiger partial charge is 0.317 e. The summed E-state index contributed by atoms with van der Waals surface area (Å²) in [5.74, 6) is -1.27. The molecule has 1 fully saturated rings. The van der Waals surface area contributed by atoms with Gasteiger partial charge in [0.15, 0.2) is 0 Å². The van der Waals surface area contributed by atoms with Crippen molar-refractivity contribution in [3.05, 3.63) is 65.2 Å². The molecule has 6 nitrogen and oxygen atoms in total. The molecule has 2 N–H and O–H groups in total. The number of hydrogen-bond donors (Lipinski definition) is 2. The molecule has 1 atom stereocenters. The Morgan fingerprint density at radius 2 is 1.79 bits per heavy atom. The number of benzene rings is 2. The first-order valence-corrected chi connectivity index (χ1v) is 9.76. The second-order valence-electron chi connectivity index (χ2n) is 7.55. The van der Waals surface area contributed by atoms with Crippen LogP contribution in [0.15, 0.2) is 48.5 Å². The number of carbonyl (C=O) groups excluding carboxylic acids is 1. The Morgan fingerprint density at radius 1 is 1.04 bits per heavy atom. The summed E-state index contributed by atoms with van der Waals surface area (Å²) in [5, 5.41) is 11.9. The van der Waals surface area contributed by atoms with Crippen LogP contribution in [-0.2, 0) is 24.3 Å². The molecule has 2 amide bonds. The van der Waals surface area contributed by atoms with E-state index in [9.17, 15) is 9.59 Å². The number of carbonyl (C=O) groups is 2. The Kier molecular flexibility index (Phi) is 5.19. The molecule has 0 radical (unpaired) electrons. The maximum atomic E-state index is 12.2. The lowest BCUT2D eigenvalue weighted by molar-refractivity contribution is -0.141. The molecule has 2 aliphatic heterocycles. The van der Waals surface area contributed by atoms with Crippen molar-refractivity contribution in [3.63, 3.8) is 0 Å². The number of urea groups is 1. The Bertz CT molecular complexity index is 866. The first-order valence-electron chi connectivity index (χ1n) is 9.76. The van der Waals surface area contributed by atoms with E-state index in [2.05, 4.69) is 46.6 Å². The van der Waals surface area contributed by atoms with E-state index in [0.717, 1.165) is 25.1 Å². The molecule has 6 heteroatoms. The molecule has 0 saturated carbocycles. The monoisotopic (exact) mass is 379 g/mol. The van der Waals surface area contributed by atoms with Gasteiger partial charge < -0.3 is 20.2 Å². The van der Waals surface area contributed by atoms with Crippen molar-refractivity contribution < 1.29 is 14.7 Å². The summed E-state index contributed by atoms with van der Waals surface area (Å²) < 4.78 is 0. The summed E-state index contributed by atoms with van der Waals surface area (Å²) >= 11 is 0. The van der Waals surface area contributed by atoms with Crippen molar-refractivity contribution in [1.82, 2.24) is 10.2 Å². The number of para-hydroxylation sites is 1. The molecule has 146 valence electrons. The second kappa shape index (κ2) is 7.92. The van der Waals surface area contributed by atoms with Crippen molar-refractivity contribution in [3.8, 4) is 0 Å². The quantitative estimate of drug-likeness (QED) is 0.838. The fourth-order valence-corrected chi connectivity index (χ4v) is 3.99. The van der Waals surface area contributed by atoms with Gasteiger partial charge >= 0.3 is 12.0 Å². The topological polar surface area (TPSA) is 72.9 Å². The standard InChI is InChI=1S/C22H25N3O3/c26-21(27)19-10-12-25(15-19)22(28)23-13-16-5-7-17(8-6-16)14-24-11-9-18-3-1-2-4-20(18)24/h1-8,19H,9-15H2,(H,23,28)(H,26,27). The van der Waals surface area contributed by atoms with Crippen LogP contribution in [0.3, 0.4) is 0 Å². The zero-order chi connectivity index (χ0) is 19.5. The summed E-state index contributed by atoms with van der Waals surface area (Å²) in [6.45, 7) is 3.16. The number of rotatable bonds is 5. The van der Waals surface area contributed by atoms with Crippen molar-refractivity contribution in [2.75, 3.05) is 24.5 Å². The maximum absolute atomic E-state index is 12.2. The number of anilines is 1. The fraction of sp³-hybridized carbons (Fsp3) is 0.364. The molecule has 2 aliphatic rings. The van der Waals surface area contributed by atoms with Crippen LogP contribution in [0.1, 0.15) is 23.1 Å². The third-order valence-electron chi connectivity index (χ3n) is 5.65. The molecule has 28 heavy (non-hydrogen) atoms. The van der Waals surface area contributed by atoms with Gasteiger partial charge in [0.05, 0.1) is 5.92 Å². The number of carboxylic acid groups (broad SMARTS) is 1. The molecule has 1 unspecified atom stereocenters. The first kappa shape index (κ1) is 18.3. The average Bonchev–Trinajstić information content (AvgIpc) is 3.35. The predicted octanol–water partition coefficient (Wildman–Crippen LogP) is 2.87. The number of hydrogen-bond acceptors (Lipinski definition) is 3. The molecule has 0 spiro atoms. The van der Waals surface area contributed by atoms with Crippen molar-refractivity contribution >= 4 is 17.7 Å². The maximum Gasteiger partial charge on any atom is 0.317 e. The van der Waals surface area contributed by atoms with Crippen LogP contribution in [0.5, 0.6) is 0 Å². The van der Waals surface area contributed by atoms with Crippen LogP contribution in [0, 0.1) is 5.92 Å². The lowest BCUT2D eigenvalue weighted by Crippen LogP contribution is -2.38. The number of carboxylic acids is 1. The predicted molar refractivity (Wildman–Crippen MR) is 107 cm³/mol. The minimum atomic E-state index is -0.827. The molecular weight excluding hydrogens is 354 g/mol. The number of nitrogens with one attached hydrogen (secondary N) is 1. The van der Waals surface area contributed by atoms with Gasteiger partial charge in [-0.05, 0) is 35.6 Å². The van der Waals surface area contributed by atoms with Crippen LogP contribution in [0.4, 0.5) is 10.5 Å². The van der Waals surface area contributed by atoms with E-state index in [0.29, 0.717) is 19.5 Å². The van der Waals surface area contributed by atoms with Gasteiger partial charge in [0.25, 0.3) is 0 Å². The molecule has 2 aromatic rings. The summed E-state index contributed by atoms with van der Waals surface area (Å²) in [6.07, 6.45) is 1.62. The van der Waals surface area contributed by atoms with Gasteiger partial charge in [0.1, 0.15) is 0 Å². The minimum absolute atomic E-state index is 0.193. The third kappa shape index (κ3) is 3.96. The van der Waals surface area contributed by atoms with Crippen molar-refractivity contribution in [2.45, 2.75) is 25.9 Å². The summed E-state index contributed by atoms with van der Waals surface area (Å²) in [4.78, 5) is 27.2. The SMILES string of the molecule is O=C(O)C1CCN(C(=O)NCc2ccc(CN3CCc4ccccc43)cc2)C1. The molecule has 1 saturated heterocycles. The van der Waals surface area contributed by atoms with E-state index in [-0.39, 0.29) is 12.6 Å². The van der Waals surface area contributed by atoms with Gasteiger partial charge in [-0.2, -0.15) is 0 Å². The Morgan fingerprint density at radius 3 is 2.54 bits per heavy atom. The molecule has 0 aromatic heterocycles. The third-order valence-corrected chi connectivity index (χ3v) is 5.65. The number of likely N-dealkylation sites (tertiary alicyclic amines) is 1. The largest absolute Gasteiger partial charge is 0.481 e. The van der Waals surface area contributed by atoms with Crippen molar-refractivity contribution in [1.29, 1.82) is 0 Å². The van der Waals surface area contributed by atoms with Crippen LogP contribution in [0.2, 0.25) is 0 Å². The van der Waals surface area contributed by atoms with Crippen LogP contribution >= 0.6 is 0 Å². The van der Waals surface area contributed by atoms with Gasteiger partial charge in [-0.3, -0.25) is 4.79 Å². The number of amides is 2. The van der Waals surface area contributed by atoms with E-state index < -0.39 is 11.9 Å². The van der Waals surface area contributed by atoms with E-state index in [1.807, 2.05) is 12.1 Å². The summed E-state index contributed by atoms with van der Waals surface area (Å²) in [5.41, 5.74) is 5.02. The Balaban J connectivity index is 1.28. The second-order valence-corrected chi connectivity index (χ2v) is 7.55. The average molecular weight is 379 g/mol. The Hall–Kier alpha value is -3.02. The molecule has 4 rings (SSSR count). The van der Waals surface area contributed by atoms with Crippen LogP contribution in [-0.4, -0.2) is 41.6 Å². The lowest BCUT2D eigenvalue weighted by Gasteiger charge is -2.20. The summed E-state index contributed by atoms with van der Waals surface area (Å²) in [6, 6.07) is 16.7. The van der Waals surface area contributed by atoms with Gasteiger partial charge in [-0.15, -0.1) is 0 Å². The van der Waals surface area contributed by atoms with Crippen molar-refractivity contribution in [2.24, 2.45) is 5.92 Å². The van der Waals surface area contributed by atoms with Crippen LogP contribution < -0.4 is 10.2 Å². The van der Waals surface area contributed by atoms with Gasteiger partial charge in [-0.25, -0.2) is 4.79 Å². The molecular formula is C22H25N3O3. The van der Waals surface area contributed by atoms with E-state index in [4.69, 9.17) is 5.11 Å². The summed E-state index contributed by atoms with van der Waals surface area (Å²) in [7, 11) is 0.